The molecule has 2 N–H and O–H groups in total. The van der Waals surface area contributed by atoms with Gasteiger partial charge in [0.25, 0.3) is 11.8 Å². The predicted octanol–water partition coefficient (Wildman–Crippen LogP) is 2.99. The van der Waals surface area contributed by atoms with Crippen LogP contribution in [0.5, 0.6) is 11.5 Å². The Hall–Kier alpha value is -2.29. The van der Waals surface area contributed by atoms with Crippen LogP contribution in [0.15, 0.2) is 36.4 Å². The lowest BCUT2D eigenvalue weighted by Crippen LogP contribution is -2.25. The lowest BCUT2D eigenvalue weighted by atomic mass is 10.1. The van der Waals surface area contributed by atoms with Crippen LogP contribution in [0.3, 0.4) is 0 Å². The fraction of sp³-hybridized carbons (Fsp3) is 0.263. The summed E-state index contributed by atoms with van der Waals surface area (Å²) < 4.78 is 11.3. The minimum Gasteiger partial charge on any atom is -0.493 e. The summed E-state index contributed by atoms with van der Waals surface area (Å²) in [4.78, 5) is 24.4. The van der Waals surface area contributed by atoms with Crippen molar-refractivity contribution in [1.82, 2.24) is 10.6 Å². The first-order valence-electron chi connectivity index (χ1n) is 8.07. The number of nitrogens with one attached hydrogen (secondary N) is 2. The minimum atomic E-state index is -0.223. The molecule has 0 fully saturated rings. The minimum absolute atomic E-state index is 0.130. The molecule has 6 nitrogen and oxygen atoms in total. The lowest BCUT2D eigenvalue weighted by Gasteiger charge is -2.12. The van der Waals surface area contributed by atoms with Crippen molar-refractivity contribution in [2.24, 2.45) is 0 Å². The third-order valence-electron chi connectivity index (χ3n) is 3.70. The molecule has 0 heterocycles. The van der Waals surface area contributed by atoms with Crippen LogP contribution in [0.4, 0.5) is 0 Å². The molecule has 0 saturated carbocycles. The van der Waals surface area contributed by atoms with Crippen molar-refractivity contribution in [3.8, 4) is 11.5 Å². The number of carbonyl (C=O) groups excluding carboxylic acids is 2. The number of rotatable bonds is 7. The van der Waals surface area contributed by atoms with Crippen LogP contribution in [-0.4, -0.2) is 32.6 Å². The Kier molecular flexibility index (Phi) is 7.26. The number of benzene rings is 2. The van der Waals surface area contributed by atoms with Crippen LogP contribution < -0.4 is 20.1 Å². The van der Waals surface area contributed by atoms with Crippen molar-refractivity contribution >= 4 is 34.4 Å². The molecule has 0 spiro atoms. The average Bonchev–Trinajstić information content (AvgIpc) is 2.66. The zero-order valence-corrected chi connectivity index (χ0v) is 17.0. The van der Waals surface area contributed by atoms with E-state index in [2.05, 4.69) is 33.2 Å². The standard InChI is InChI=1S/C19H21IN2O4/c1-4-21-18(23)13-7-5-6-12(8-13)11-22-19(24)14-9-16(25-2)17(26-3)10-15(14)20/h5-10H,4,11H2,1-3H3,(H,21,23)(H,22,24). The van der Waals surface area contributed by atoms with Crippen molar-refractivity contribution in [3.05, 3.63) is 56.7 Å². The van der Waals surface area contributed by atoms with Crippen molar-refractivity contribution in [2.45, 2.75) is 13.5 Å². The maximum Gasteiger partial charge on any atom is 0.252 e. The summed E-state index contributed by atoms with van der Waals surface area (Å²) in [7, 11) is 3.08. The maximum atomic E-state index is 12.5. The van der Waals surface area contributed by atoms with E-state index in [9.17, 15) is 9.59 Å². The molecule has 0 aromatic heterocycles. The van der Waals surface area contributed by atoms with Gasteiger partial charge >= 0.3 is 0 Å². The number of amides is 2. The van der Waals surface area contributed by atoms with Crippen molar-refractivity contribution in [2.75, 3.05) is 20.8 Å². The van der Waals surface area contributed by atoms with Gasteiger partial charge in [0.15, 0.2) is 11.5 Å². The Bertz CT molecular complexity index is 808. The summed E-state index contributed by atoms with van der Waals surface area (Å²) in [6.07, 6.45) is 0. The SMILES string of the molecule is CCNC(=O)c1cccc(CNC(=O)c2cc(OC)c(OC)cc2I)c1. The van der Waals surface area contributed by atoms with Gasteiger partial charge in [0.1, 0.15) is 0 Å². The van der Waals surface area contributed by atoms with Gasteiger partial charge in [0.05, 0.1) is 19.8 Å². The molecule has 2 amide bonds. The monoisotopic (exact) mass is 468 g/mol. The first-order valence-corrected chi connectivity index (χ1v) is 9.14. The molecule has 0 radical (unpaired) electrons. The highest BCUT2D eigenvalue weighted by Crippen LogP contribution is 2.31. The summed E-state index contributed by atoms with van der Waals surface area (Å²) in [6, 6.07) is 10.6. The first-order chi connectivity index (χ1) is 12.5. The van der Waals surface area contributed by atoms with E-state index in [4.69, 9.17) is 9.47 Å². The Morgan fingerprint density at radius 1 is 1.00 bits per heavy atom. The molecule has 2 aromatic carbocycles. The van der Waals surface area contributed by atoms with Crippen molar-refractivity contribution in [1.29, 1.82) is 0 Å². The van der Waals surface area contributed by atoms with E-state index in [0.29, 0.717) is 35.7 Å². The molecule has 138 valence electrons. The molecule has 0 aliphatic heterocycles. The highest BCUT2D eigenvalue weighted by atomic mass is 127. The van der Waals surface area contributed by atoms with E-state index in [1.54, 1.807) is 37.4 Å². The highest BCUT2D eigenvalue weighted by Gasteiger charge is 2.15. The van der Waals surface area contributed by atoms with Gasteiger partial charge in [-0.25, -0.2) is 0 Å². The third-order valence-corrected chi connectivity index (χ3v) is 4.59. The normalized spacial score (nSPS) is 10.2. The van der Waals surface area contributed by atoms with E-state index in [1.807, 2.05) is 13.0 Å². The molecule has 0 aliphatic carbocycles. The van der Waals surface area contributed by atoms with Gasteiger partial charge in [-0.3, -0.25) is 9.59 Å². The van der Waals surface area contributed by atoms with Gasteiger partial charge in [0, 0.05) is 22.2 Å². The van der Waals surface area contributed by atoms with Crippen LogP contribution in [0.1, 0.15) is 33.2 Å². The Morgan fingerprint density at radius 2 is 1.69 bits per heavy atom. The van der Waals surface area contributed by atoms with Crippen LogP contribution in [0, 0.1) is 3.57 Å². The zero-order chi connectivity index (χ0) is 19.1. The summed E-state index contributed by atoms with van der Waals surface area (Å²) in [5, 5.41) is 5.63. The van der Waals surface area contributed by atoms with Gasteiger partial charge in [-0.05, 0) is 59.3 Å². The summed E-state index contributed by atoms with van der Waals surface area (Å²) in [5.74, 6) is 0.716. The fourth-order valence-electron chi connectivity index (χ4n) is 2.39. The molecule has 0 saturated heterocycles. The second-order valence-electron chi connectivity index (χ2n) is 5.43. The predicted molar refractivity (Wildman–Crippen MR) is 108 cm³/mol. The maximum absolute atomic E-state index is 12.5. The Balaban J connectivity index is 2.12. The number of carbonyl (C=O) groups is 2. The van der Waals surface area contributed by atoms with Gasteiger partial charge in [-0.1, -0.05) is 12.1 Å². The van der Waals surface area contributed by atoms with E-state index in [1.165, 1.54) is 7.11 Å². The van der Waals surface area contributed by atoms with Gasteiger partial charge < -0.3 is 20.1 Å². The molecular weight excluding hydrogens is 447 g/mol. The second kappa shape index (κ2) is 9.42. The highest BCUT2D eigenvalue weighted by molar-refractivity contribution is 14.1. The van der Waals surface area contributed by atoms with Gasteiger partial charge in [-0.15, -0.1) is 0 Å². The number of methoxy groups -OCH3 is 2. The van der Waals surface area contributed by atoms with Crippen LogP contribution >= 0.6 is 22.6 Å². The number of ether oxygens (including phenoxy) is 2. The molecule has 0 unspecified atom stereocenters. The summed E-state index contributed by atoms with van der Waals surface area (Å²) in [6.45, 7) is 2.75. The topological polar surface area (TPSA) is 76.7 Å². The molecule has 0 bridgehead atoms. The second-order valence-corrected chi connectivity index (χ2v) is 6.59. The van der Waals surface area contributed by atoms with E-state index in [-0.39, 0.29) is 11.8 Å². The smallest absolute Gasteiger partial charge is 0.252 e. The van der Waals surface area contributed by atoms with Gasteiger partial charge in [-0.2, -0.15) is 0 Å². The summed E-state index contributed by atoms with van der Waals surface area (Å²) in [5.41, 5.74) is 1.92. The van der Waals surface area contributed by atoms with Gasteiger partial charge in [0.2, 0.25) is 0 Å². The molecule has 2 rings (SSSR count). The number of halogens is 1. The van der Waals surface area contributed by atoms with Crippen LogP contribution in [-0.2, 0) is 6.54 Å². The third kappa shape index (κ3) is 4.87. The molecule has 7 heteroatoms. The van der Waals surface area contributed by atoms with E-state index >= 15 is 0 Å². The Morgan fingerprint density at radius 3 is 2.35 bits per heavy atom. The van der Waals surface area contributed by atoms with E-state index < -0.39 is 0 Å². The molecular formula is C19H21IN2O4. The first kappa shape index (κ1) is 20.0. The van der Waals surface area contributed by atoms with E-state index in [0.717, 1.165) is 9.13 Å². The molecule has 0 atom stereocenters. The number of hydrogen-bond donors (Lipinski definition) is 2. The molecule has 0 aliphatic rings. The summed E-state index contributed by atoms with van der Waals surface area (Å²) >= 11 is 2.09. The quantitative estimate of drug-likeness (QED) is 0.613. The Labute approximate surface area is 166 Å². The zero-order valence-electron chi connectivity index (χ0n) is 14.9. The lowest BCUT2D eigenvalue weighted by molar-refractivity contribution is 0.0946. The number of hydrogen-bond acceptors (Lipinski definition) is 4. The largest absolute Gasteiger partial charge is 0.493 e. The van der Waals surface area contributed by atoms with Crippen LogP contribution in [0.2, 0.25) is 0 Å². The molecule has 2 aromatic rings. The average molecular weight is 468 g/mol. The fourth-order valence-corrected chi connectivity index (χ4v) is 3.07. The molecule has 26 heavy (non-hydrogen) atoms. The van der Waals surface area contributed by atoms with Crippen molar-refractivity contribution < 1.29 is 19.1 Å². The van der Waals surface area contributed by atoms with Crippen molar-refractivity contribution in [3.63, 3.8) is 0 Å². The van der Waals surface area contributed by atoms with Crippen LogP contribution in [0.25, 0.3) is 0 Å².